The van der Waals surface area contributed by atoms with Gasteiger partial charge in [-0.15, -0.1) is 10.2 Å². The topological polar surface area (TPSA) is 68.2 Å². The van der Waals surface area contributed by atoms with Gasteiger partial charge in [0.15, 0.2) is 11.6 Å². The largest absolute Gasteiger partial charge is 0.419 e. The van der Waals surface area contributed by atoms with Gasteiger partial charge in [-0.3, -0.25) is 4.90 Å². The summed E-state index contributed by atoms with van der Waals surface area (Å²) >= 11 is 0. The summed E-state index contributed by atoms with van der Waals surface area (Å²) in [4.78, 5) is 1.91. The van der Waals surface area contributed by atoms with E-state index in [-0.39, 0.29) is 6.04 Å². The summed E-state index contributed by atoms with van der Waals surface area (Å²) in [7, 11) is 1.84. The molecule has 0 fully saturated rings. The highest BCUT2D eigenvalue weighted by atomic mass is 19.2. The smallest absolute Gasteiger partial charge is 0.253 e. The van der Waals surface area contributed by atoms with Crippen LogP contribution in [0.15, 0.2) is 57.5 Å². The molecular weight excluding hydrogens is 390 g/mol. The summed E-state index contributed by atoms with van der Waals surface area (Å²) in [5, 5.41) is 12.4. The molecule has 2 aromatic carbocycles. The molecule has 0 bridgehead atoms. The molecule has 0 radical (unpaired) electrons. The van der Waals surface area contributed by atoms with E-state index >= 15 is 0 Å². The quantitative estimate of drug-likeness (QED) is 0.437. The highest BCUT2D eigenvalue weighted by Crippen LogP contribution is 2.33. The van der Waals surface area contributed by atoms with Gasteiger partial charge in [-0.2, -0.15) is 0 Å². The number of hydrogen-bond donors (Lipinski definition) is 0. The molecule has 8 heteroatoms. The van der Waals surface area contributed by atoms with Crippen LogP contribution in [-0.2, 0) is 6.54 Å². The monoisotopic (exact) mass is 410 g/mol. The Hall–Kier alpha value is -3.39. The second-order valence-corrected chi connectivity index (χ2v) is 7.09. The Bertz CT molecular complexity index is 1160. The zero-order valence-corrected chi connectivity index (χ0v) is 16.8. The van der Waals surface area contributed by atoms with E-state index in [1.54, 1.807) is 13.0 Å². The summed E-state index contributed by atoms with van der Waals surface area (Å²) in [6.45, 7) is 4.01. The van der Waals surface area contributed by atoms with Crippen molar-refractivity contribution in [2.75, 3.05) is 7.05 Å². The van der Waals surface area contributed by atoms with Gasteiger partial charge in [0.1, 0.15) is 17.0 Å². The molecule has 1 unspecified atom stereocenters. The lowest BCUT2D eigenvalue weighted by atomic mass is 10.1. The lowest BCUT2D eigenvalue weighted by Gasteiger charge is -2.23. The van der Waals surface area contributed by atoms with Gasteiger partial charge in [-0.05, 0) is 38.6 Å². The molecule has 0 saturated heterocycles. The first kappa shape index (κ1) is 19.9. The molecule has 4 rings (SSSR count). The van der Waals surface area contributed by atoms with Gasteiger partial charge in [0, 0.05) is 11.6 Å². The summed E-state index contributed by atoms with van der Waals surface area (Å²) in [6.07, 6.45) is 0. The number of benzene rings is 2. The Labute approximate surface area is 172 Å². The number of aryl methyl sites for hydroxylation is 1. The van der Waals surface area contributed by atoms with E-state index in [1.807, 2.05) is 49.2 Å². The van der Waals surface area contributed by atoms with Crippen LogP contribution in [0, 0.1) is 18.6 Å². The van der Waals surface area contributed by atoms with Crippen LogP contribution in [0.1, 0.15) is 30.2 Å². The Kier molecular flexibility index (Phi) is 5.41. The molecule has 1 atom stereocenters. The van der Waals surface area contributed by atoms with Gasteiger partial charge < -0.3 is 8.94 Å². The predicted octanol–water partition coefficient (Wildman–Crippen LogP) is 5.17. The lowest BCUT2D eigenvalue weighted by molar-refractivity contribution is 0.228. The van der Waals surface area contributed by atoms with Crippen molar-refractivity contribution < 1.29 is 17.7 Å². The standard InChI is InChI=1S/C22H20F2N4O2/c1-13(16-9-10-17(23)18(24)11-16)28(3)12-19-25-26-22(29-19)20-14(2)30-27-21(20)15-7-5-4-6-8-15/h4-11,13H,12H2,1-3H3. The van der Waals surface area contributed by atoms with E-state index in [2.05, 4.69) is 15.4 Å². The Morgan fingerprint density at radius 3 is 2.53 bits per heavy atom. The van der Waals surface area contributed by atoms with Crippen LogP contribution < -0.4 is 0 Å². The van der Waals surface area contributed by atoms with Crippen LogP contribution >= 0.6 is 0 Å². The first-order chi connectivity index (χ1) is 14.4. The fourth-order valence-corrected chi connectivity index (χ4v) is 3.21. The second-order valence-electron chi connectivity index (χ2n) is 7.09. The van der Waals surface area contributed by atoms with Crippen molar-refractivity contribution in [2.24, 2.45) is 0 Å². The molecular formula is C22H20F2N4O2. The Morgan fingerprint density at radius 2 is 1.80 bits per heavy atom. The number of aromatic nitrogens is 3. The van der Waals surface area contributed by atoms with Gasteiger partial charge in [0.2, 0.25) is 5.89 Å². The fraction of sp³-hybridized carbons (Fsp3) is 0.227. The normalized spacial score (nSPS) is 12.5. The molecule has 0 aliphatic rings. The first-order valence-electron chi connectivity index (χ1n) is 9.43. The van der Waals surface area contributed by atoms with Crippen molar-refractivity contribution in [2.45, 2.75) is 26.4 Å². The third-order valence-electron chi connectivity index (χ3n) is 5.06. The molecule has 154 valence electrons. The van der Waals surface area contributed by atoms with Crippen LogP contribution in [0.3, 0.4) is 0 Å². The average molecular weight is 410 g/mol. The average Bonchev–Trinajstić information content (AvgIpc) is 3.36. The second kappa shape index (κ2) is 8.16. The van der Waals surface area contributed by atoms with Crippen LogP contribution in [0.25, 0.3) is 22.7 Å². The maximum Gasteiger partial charge on any atom is 0.253 e. The zero-order valence-electron chi connectivity index (χ0n) is 16.8. The minimum absolute atomic E-state index is 0.187. The Morgan fingerprint density at radius 1 is 1.03 bits per heavy atom. The third kappa shape index (κ3) is 3.86. The van der Waals surface area contributed by atoms with Crippen LogP contribution in [0.2, 0.25) is 0 Å². The first-order valence-corrected chi connectivity index (χ1v) is 9.43. The van der Waals surface area contributed by atoms with Gasteiger partial charge >= 0.3 is 0 Å². The third-order valence-corrected chi connectivity index (χ3v) is 5.06. The number of halogens is 2. The molecule has 0 amide bonds. The summed E-state index contributed by atoms with van der Waals surface area (Å²) in [5.41, 5.74) is 2.81. The molecule has 2 aromatic heterocycles. The van der Waals surface area contributed by atoms with Crippen molar-refractivity contribution >= 4 is 0 Å². The molecule has 0 saturated carbocycles. The van der Waals surface area contributed by atoms with E-state index in [9.17, 15) is 8.78 Å². The molecule has 30 heavy (non-hydrogen) atoms. The van der Waals surface area contributed by atoms with Crippen molar-refractivity contribution in [3.8, 4) is 22.7 Å². The van der Waals surface area contributed by atoms with Crippen molar-refractivity contribution in [1.82, 2.24) is 20.3 Å². The highest BCUT2D eigenvalue weighted by Gasteiger charge is 2.23. The summed E-state index contributed by atoms with van der Waals surface area (Å²) in [5.74, 6) is -0.455. The molecule has 0 aliphatic carbocycles. The molecule has 0 spiro atoms. The van der Waals surface area contributed by atoms with E-state index in [1.165, 1.54) is 6.07 Å². The molecule has 6 nitrogen and oxygen atoms in total. The van der Waals surface area contributed by atoms with Crippen LogP contribution in [-0.4, -0.2) is 27.3 Å². The molecule has 4 aromatic rings. The van der Waals surface area contributed by atoms with E-state index in [0.717, 1.165) is 11.6 Å². The zero-order chi connectivity index (χ0) is 21.3. The van der Waals surface area contributed by atoms with E-state index in [0.29, 0.717) is 40.9 Å². The highest BCUT2D eigenvalue weighted by molar-refractivity contribution is 5.77. The van der Waals surface area contributed by atoms with Gasteiger partial charge in [0.25, 0.3) is 5.89 Å². The summed E-state index contributed by atoms with van der Waals surface area (Å²) < 4.78 is 38.0. The van der Waals surface area contributed by atoms with Gasteiger partial charge in [-0.1, -0.05) is 41.6 Å². The lowest BCUT2D eigenvalue weighted by Crippen LogP contribution is -2.22. The van der Waals surface area contributed by atoms with Gasteiger partial charge in [-0.25, -0.2) is 8.78 Å². The van der Waals surface area contributed by atoms with E-state index in [4.69, 9.17) is 8.94 Å². The fourth-order valence-electron chi connectivity index (χ4n) is 3.21. The van der Waals surface area contributed by atoms with E-state index < -0.39 is 11.6 Å². The Balaban J connectivity index is 1.55. The van der Waals surface area contributed by atoms with Gasteiger partial charge in [0.05, 0.1) is 6.54 Å². The van der Waals surface area contributed by atoms with Crippen LogP contribution in [0.5, 0.6) is 0 Å². The number of hydrogen-bond acceptors (Lipinski definition) is 6. The molecule has 0 N–H and O–H groups in total. The maximum absolute atomic E-state index is 13.6. The van der Waals surface area contributed by atoms with Crippen molar-refractivity contribution in [1.29, 1.82) is 0 Å². The maximum atomic E-state index is 13.6. The summed E-state index contributed by atoms with van der Waals surface area (Å²) in [6, 6.07) is 13.3. The number of nitrogens with zero attached hydrogens (tertiary/aromatic N) is 4. The molecule has 2 heterocycles. The van der Waals surface area contributed by atoms with Crippen molar-refractivity contribution in [3.05, 3.63) is 77.4 Å². The van der Waals surface area contributed by atoms with Crippen molar-refractivity contribution in [3.63, 3.8) is 0 Å². The predicted molar refractivity (Wildman–Crippen MR) is 106 cm³/mol. The SMILES string of the molecule is Cc1onc(-c2ccccc2)c1-c1nnc(CN(C)C(C)c2ccc(F)c(F)c2)o1. The van der Waals surface area contributed by atoms with Crippen LogP contribution in [0.4, 0.5) is 8.78 Å². The molecule has 0 aliphatic heterocycles. The minimum Gasteiger partial charge on any atom is -0.419 e. The number of rotatable bonds is 6. The minimum atomic E-state index is -0.871.